The van der Waals surface area contributed by atoms with E-state index in [1.54, 1.807) is 36.2 Å². The number of imidazole rings is 1. The second-order valence-corrected chi connectivity index (χ2v) is 8.55. The Bertz CT molecular complexity index is 1200. The normalized spacial score (nSPS) is 11.7. The van der Waals surface area contributed by atoms with Gasteiger partial charge in [0.25, 0.3) is 5.56 Å². The summed E-state index contributed by atoms with van der Waals surface area (Å²) in [6.45, 7) is 5.38. The number of halogens is 1. The molecule has 0 unspecified atom stereocenters. The predicted octanol–water partition coefficient (Wildman–Crippen LogP) is 5.04. The molecule has 0 saturated carbocycles. The van der Waals surface area contributed by atoms with Crippen LogP contribution in [0.15, 0.2) is 58.6 Å². The van der Waals surface area contributed by atoms with Crippen LogP contribution in [0.3, 0.4) is 0 Å². The van der Waals surface area contributed by atoms with Gasteiger partial charge in [0, 0.05) is 24.6 Å². The Morgan fingerprint density at radius 1 is 1.14 bits per heavy atom. The maximum Gasteiger partial charge on any atom is 0.258 e. The summed E-state index contributed by atoms with van der Waals surface area (Å²) in [4.78, 5) is 21.8. The average Bonchev–Trinajstić information content (AvgIpc) is 3.03. The summed E-state index contributed by atoms with van der Waals surface area (Å²) in [5, 5.41) is 1.47. The first-order valence-corrected chi connectivity index (χ1v) is 10.6. The summed E-state index contributed by atoms with van der Waals surface area (Å²) >= 11 is 7.59. The van der Waals surface area contributed by atoms with Crippen LogP contribution in [0.1, 0.15) is 26.0 Å². The third-order valence-electron chi connectivity index (χ3n) is 4.58. The third kappa shape index (κ3) is 3.93. The van der Waals surface area contributed by atoms with Gasteiger partial charge in [0.1, 0.15) is 5.65 Å². The third-order valence-corrected chi connectivity index (χ3v) is 5.81. The number of fused-ring (bicyclic) bond motifs is 2. The Hall–Kier alpha value is -2.31. The molecule has 0 radical (unpaired) electrons. The van der Waals surface area contributed by atoms with Gasteiger partial charge in [0.2, 0.25) is 0 Å². The number of pyridine rings is 1. The van der Waals surface area contributed by atoms with Gasteiger partial charge < -0.3 is 4.57 Å². The number of para-hydroxylation sites is 2. The molecular formula is C21H21ClN4OS. The quantitative estimate of drug-likeness (QED) is 0.416. The fraction of sp³-hybridized carbons (Fsp3) is 0.286. The molecule has 0 atom stereocenters. The van der Waals surface area contributed by atoms with Crippen LogP contribution in [0.4, 0.5) is 0 Å². The lowest BCUT2D eigenvalue weighted by Crippen LogP contribution is -2.15. The molecular weight excluding hydrogens is 392 g/mol. The molecule has 0 aliphatic carbocycles. The maximum absolute atomic E-state index is 12.4. The summed E-state index contributed by atoms with van der Waals surface area (Å²) in [5.41, 5.74) is 3.35. The standard InChI is InChI=1S/C21H21ClN4OS/c1-14(2)9-10-25-18-6-4-3-5-17(18)24-21(25)28-13-16-11-20(27)26-12-15(22)7-8-19(26)23-16/h3-8,11-12,14H,9-10,13H2,1-2H3. The number of benzene rings is 1. The monoisotopic (exact) mass is 412 g/mol. The number of aryl methyl sites for hydroxylation is 1. The van der Waals surface area contributed by atoms with E-state index in [9.17, 15) is 4.79 Å². The number of hydrogen-bond donors (Lipinski definition) is 0. The van der Waals surface area contributed by atoms with Gasteiger partial charge >= 0.3 is 0 Å². The molecule has 0 aliphatic heterocycles. The largest absolute Gasteiger partial charge is 0.319 e. The number of hydrogen-bond acceptors (Lipinski definition) is 4. The van der Waals surface area contributed by atoms with Gasteiger partial charge in [0.15, 0.2) is 5.16 Å². The maximum atomic E-state index is 12.4. The van der Waals surface area contributed by atoms with Gasteiger partial charge in [-0.2, -0.15) is 0 Å². The highest BCUT2D eigenvalue weighted by atomic mass is 35.5. The van der Waals surface area contributed by atoms with Crippen LogP contribution in [0, 0.1) is 5.92 Å². The molecule has 4 rings (SSSR count). The van der Waals surface area contributed by atoms with Crippen molar-refractivity contribution < 1.29 is 0 Å². The molecule has 0 aliphatic rings. The minimum atomic E-state index is -0.128. The molecule has 0 bridgehead atoms. The average molecular weight is 413 g/mol. The minimum Gasteiger partial charge on any atom is -0.319 e. The topological polar surface area (TPSA) is 52.2 Å². The molecule has 7 heteroatoms. The van der Waals surface area contributed by atoms with E-state index in [0.29, 0.717) is 22.3 Å². The van der Waals surface area contributed by atoms with E-state index in [4.69, 9.17) is 16.6 Å². The van der Waals surface area contributed by atoms with Crippen molar-refractivity contribution >= 4 is 40.0 Å². The second kappa shape index (κ2) is 7.97. The van der Waals surface area contributed by atoms with Gasteiger partial charge in [-0.25, -0.2) is 9.97 Å². The lowest BCUT2D eigenvalue weighted by Gasteiger charge is -2.10. The van der Waals surface area contributed by atoms with Crippen molar-refractivity contribution in [2.24, 2.45) is 5.92 Å². The van der Waals surface area contributed by atoms with E-state index >= 15 is 0 Å². The number of nitrogens with zero attached hydrogens (tertiary/aromatic N) is 4. The first kappa shape index (κ1) is 19.0. The van der Waals surface area contributed by atoms with Crippen molar-refractivity contribution in [3.05, 3.63) is 69.7 Å². The zero-order chi connectivity index (χ0) is 19.7. The van der Waals surface area contributed by atoms with Crippen LogP contribution in [0.2, 0.25) is 5.02 Å². The van der Waals surface area contributed by atoms with E-state index in [0.717, 1.165) is 34.8 Å². The molecule has 0 N–H and O–H groups in total. The van der Waals surface area contributed by atoms with Gasteiger partial charge in [0.05, 0.1) is 21.7 Å². The molecule has 28 heavy (non-hydrogen) atoms. The number of thioether (sulfide) groups is 1. The molecule has 3 aromatic heterocycles. The second-order valence-electron chi connectivity index (χ2n) is 7.17. The zero-order valence-corrected chi connectivity index (χ0v) is 17.4. The van der Waals surface area contributed by atoms with Crippen LogP contribution in [0.25, 0.3) is 16.7 Å². The van der Waals surface area contributed by atoms with Crippen LogP contribution in [-0.4, -0.2) is 18.9 Å². The van der Waals surface area contributed by atoms with Crippen LogP contribution < -0.4 is 5.56 Å². The highest BCUT2D eigenvalue weighted by Crippen LogP contribution is 2.27. The van der Waals surface area contributed by atoms with Crippen LogP contribution in [-0.2, 0) is 12.3 Å². The fourth-order valence-electron chi connectivity index (χ4n) is 3.11. The van der Waals surface area contributed by atoms with Crippen molar-refractivity contribution in [3.8, 4) is 0 Å². The minimum absolute atomic E-state index is 0.128. The highest BCUT2D eigenvalue weighted by Gasteiger charge is 2.13. The summed E-state index contributed by atoms with van der Waals surface area (Å²) in [6, 6.07) is 13.3. The van der Waals surface area contributed by atoms with Crippen LogP contribution in [0.5, 0.6) is 0 Å². The van der Waals surface area contributed by atoms with E-state index in [1.807, 2.05) is 18.2 Å². The molecule has 3 heterocycles. The lowest BCUT2D eigenvalue weighted by molar-refractivity contribution is 0.503. The zero-order valence-electron chi connectivity index (χ0n) is 15.8. The highest BCUT2D eigenvalue weighted by molar-refractivity contribution is 7.98. The predicted molar refractivity (Wildman–Crippen MR) is 115 cm³/mol. The summed E-state index contributed by atoms with van der Waals surface area (Å²) in [7, 11) is 0. The van der Waals surface area contributed by atoms with Gasteiger partial charge in [-0.15, -0.1) is 0 Å². The first-order chi connectivity index (χ1) is 13.5. The Kier molecular flexibility index (Phi) is 5.42. The Balaban J connectivity index is 1.63. The number of aromatic nitrogens is 4. The van der Waals surface area contributed by atoms with Crippen molar-refractivity contribution in [2.75, 3.05) is 0 Å². The summed E-state index contributed by atoms with van der Waals surface area (Å²) < 4.78 is 3.74. The van der Waals surface area contributed by atoms with Crippen molar-refractivity contribution in [3.63, 3.8) is 0 Å². The first-order valence-electron chi connectivity index (χ1n) is 9.27. The Morgan fingerprint density at radius 2 is 1.96 bits per heavy atom. The molecule has 4 aromatic rings. The van der Waals surface area contributed by atoms with Gasteiger partial charge in [-0.1, -0.05) is 49.3 Å². The van der Waals surface area contributed by atoms with E-state index in [1.165, 1.54) is 4.40 Å². The van der Waals surface area contributed by atoms with Crippen molar-refractivity contribution in [1.82, 2.24) is 18.9 Å². The van der Waals surface area contributed by atoms with E-state index < -0.39 is 0 Å². The Morgan fingerprint density at radius 3 is 2.79 bits per heavy atom. The Labute approximate surface area is 172 Å². The summed E-state index contributed by atoms with van der Waals surface area (Å²) in [6.07, 6.45) is 2.68. The fourth-order valence-corrected chi connectivity index (χ4v) is 4.20. The molecule has 5 nitrogen and oxygen atoms in total. The van der Waals surface area contributed by atoms with Gasteiger partial charge in [-0.05, 0) is 36.6 Å². The molecule has 0 fully saturated rings. The van der Waals surface area contributed by atoms with Crippen LogP contribution >= 0.6 is 23.4 Å². The molecule has 1 aromatic carbocycles. The smallest absolute Gasteiger partial charge is 0.258 e. The number of rotatable bonds is 6. The lowest BCUT2D eigenvalue weighted by atomic mass is 10.1. The van der Waals surface area contributed by atoms with Crippen molar-refractivity contribution in [1.29, 1.82) is 0 Å². The van der Waals surface area contributed by atoms with Crippen molar-refractivity contribution in [2.45, 2.75) is 37.7 Å². The molecule has 0 amide bonds. The molecule has 0 saturated heterocycles. The molecule has 144 valence electrons. The van der Waals surface area contributed by atoms with Gasteiger partial charge in [-0.3, -0.25) is 9.20 Å². The van der Waals surface area contributed by atoms with E-state index in [2.05, 4.69) is 29.5 Å². The van der Waals surface area contributed by atoms with E-state index in [-0.39, 0.29) is 5.56 Å². The molecule has 0 spiro atoms. The SMILES string of the molecule is CC(C)CCn1c(SCc2cc(=O)n3cc(Cl)ccc3n2)nc2ccccc21. The summed E-state index contributed by atoms with van der Waals surface area (Å²) in [5.74, 6) is 1.20.